The Morgan fingerprint density at radius 1 is 1.31 bits per heavy atom. The van der Waals surface area contributed by atoms with Crippen LogP contribution >= 0.6 is 0 Å². The van der Waals surface area contributed by atoms with Gasteiger partial charge in [-0.15, -0.1) is 0 Å². The molecule has 1 aliphatic rings. The van der Waals surface area contributed by atoms with Gasteiger partial charge >= 0.3 is 0 Å². The fraction of sp³-hybridized carbons (Fsp3) is 0.200. The lowest BCUT2D eigenvalue weighted by atomic mass is 10.0. The molecule has 2 heterocycles. The maximum absolute atomic E-state index is 11.6. The third kappa shape index (κ3) is 2.37. The molecule has 1 aliphatic heterocycles. The first kappa shape index (κ1) is 16.0. The number of methoxy groups -OCH3 is 1. The Balaban J connectivity index is 1.98. The van der Waals surface area contributed by atoms with Crippen molar-refractivity contribution in [2.75, 3.05) is 19.0 Å². The van der Waals surface area contributed by atoms with Crippen molar-refractivity contribution in [3.05, 3.63) is 42.0 Å². The minimum absolute atomic E-state index is 0.0187. The molecule has 130 valence electrons. The molecule has 0 atom stereocenters. The molecule has 6 nitrogen and oxygen atoms in total. The highest BCUT2D eigenvalue weighted by Gasteiger charge is 2.21. The van der Waals surface area contributed by atoms with E-state index < -0.39 is 0 Å². The van der Waals surface area contributed by atoms with Crippen molar-refractivity contribution >= 4 is 22.5 Å². The minimum Gasteiger partial charge on any atom is -0.497 e. The van der Waals surface area contributed by atoms with Crippen molar-refractivity contribution in [3.63, 3.8) is 0 Å². The van der Waals surface area contributed by atoms with Gasteiger partial charge in [-0.3, -0.25) is 4.79 Å². The molecule has 0 saturated heterocycles. The van der Waals surface area contributed by atoms with E-state index in [1.165, 1.54) is 0 Å². The minimum atomic E-state index is -0.184. The number of amides is 1. The van der Waals surface area contributed by atoms with Gasteiger partial charge in [-0.2, -0.15) is 5.26 Å². The summed E-state index contributed by atoms with van der Waals surface area (Å²) in [7, 11) is 1.62. The average Bonchev–Trinajstić information content (AvgIpc) is 2.99. The summed E-state index contributed by atoms with van der Waals surface area (Å²) in [5.74, 6) is 1.19. The van der Waals surface area contributed by atoms with Crippen LogP contribution in [0.15, 0.2) is 36.4 Å². The Morgan fingerprint density at radius 2 is 2.15 bits per heavy atom. The second kappa shape index (κ2) is 6.12. The van der Waals surface area contributed by atoms with Crippen molar-refractivity contribution in [1.29, 1.82) is 5.26 Å². The number of nitriles is 1. The van der Waals surface area contributed by atoms with E-state index in [2.05, 4.69) is 16.0 Å². The second-order valence-corrected chi connectivity index (χ2v) is 6.01. The van der Waals surface area contributed by atoms with Gasteiger partial charge in [-0.25, -0.2) is 0 Å². The van der Waals surface area contributed by atoms with E-state index in [-0.39, 0.29) is 12.5 Å². The van der Waals surface area contributed by atoms with E-state index in [0.717, 1.165) is 27.9 Å². The summed E-state index contributed by atoms with van der Waals surface area (Å²) in [4.78, 5) is 11.6. The molecule has 3 aromatic rings. The fourth-order valence-corrected chi connectivity index (χ4v) is 3.43. The molecule has 2 aromatic carbocycles. The number of fused-ring (bicyclic) bond motifs is 2. The molecule has 0 bridgehead atoms. The van der Waals surface area contributed by atoms with Gasteiger partial charge in [0.2, 0.25) is 0 Å². The van der Waals surface area contributed by atoms with Crippen LogP contribution in [0.25, 0.3) is 22.2 Å². The fourth-order valence-electron chi connectivity index (χ4n) is 3.43. The number of carbonyl (C=O) groups excluding carboxylic acids is 1. The quantitative estimate of drug-likeness (QED) is 0.786. The zero-order valence-electron chi connectivity index (χ0n) is 14.5. The number of nitrogens with zero attached hydrogens (tertiary/aromatic N) is 2. The summed E-state index contributed by atoms with van der Waals surface area (Å²) in [5.41, 5.74) is 3.83. The predicted octanol–water partition coefficient (Wildman–Crippen LogP) is 3.54. The van der Waals surface area contributed by atoms with Gasteiger partial charge in [-0.05, 0) is 37.3 Å². The number of ether oxygens (including phenoxy) is 2. The first-order valence-electron chi connectivity index (χ1n) is 8.33. The first-order chi connectivity index (χ1) is 12.7. The summed E-state index contributed by atoms with van der Waals surface area (Å²) in [6, 6.07) is 13.6. The van der Waals surface area contributed by atoms with E-state index in [4.69, 9.17) is 9.47 Å². The molecule has 0 fully saturated rings. The molecule has 4 rings (SSSR count). The van der Waals surface area contributed by atoms with Crippen molar-refractivity contribution in [2.45, 2.75) is 13.5 Å². The Kier molecular flexibility index (Phi) is 3.77. The van der Waals surface area contributed by atoms with Gasteiger partial charge in [0.25, 0.3) is 5.91 Å². The molecule has 1 aromatic heterocycles. The summed E-state index contributed by atoms with van der Waals surface area (Å²) in [6.45, 7) is 2.75. The Bertz CT molecular complexity index is 1080. The molecule has 0 radical (unpaired) electrons. The van der Waals surface area contributed by atoms with Gasteiger partial charge in [0.1, 0.15) is 17.6 Å². The number of aryl methyl sites for hydroxylation is 1. The topological polar surface area (TPSA) is 76.3 Å². The monoisotopic (exact) mass is 347 g/mol. The summed E-state index contributed by atoms with van der Waals surface area (Å²) < 4.78 is 12.9. The van der Waals surface area contributed by atoms with Gasteiger partial charge in [0.05, 0.1) is 29.6 Å². The molecule has 1 N–H and O–H groups in total. The molecule has 0 unspecified atom stereocenters. The van der Waals surface area contributed by atoms with Crippen LogP contribution in [0.1, 0.15) is 12.5 Å². The van der Waals surface area contributed by atoms with Crippen LogP contribution in [0, 0.1) is 11.3 Å². The number of carbonyl (C=O) groups is 1. The van der Waals surface area contributed by atoms with Gasteiger partial charge in [0, 0.05) is 23.6 Å². The standard InChI is InChI=1S/C20H17N3O3/c1-3-23-17-9-13(25-2)5-6-14(17)15(10-21)20(23)12-4-7-18-16(8-12)22-19(24)11-26-18/h4-9H,3,11H2,1-2H3,(H,22,24). The molecule has 0 saturated carbocycles. The molecular weight excluding hydrogens is 330 g/mol. The van der Waals surface area contributed by atoms with E-state index in [9.17, 15) is 10.1 Å². The van der Waals surface area contributed by atoms with Crippen molar-refractivity contribution in [1.82, 2.24) is 4.57 Å². The van der Waals surface area contributed by atoms with Crippen LogP contribution in [0.4, 0.5) is 5.69 Å². The zero-order valence-corrected chi connectivity index (χ0v) is 14.5. The summed E-state index contributed by atoms with van der Waals surface area (Å²) in [5, 5.41) is 13.5. The largest absolute Gasteiger partial charge is 0.497 e. The number of benzene rings is 2. The van der Waals surface area contributed by atoms with Crippen LogP contribution in [0.3, 0.4) is 0 Å². The normalized spacial score (nSPS) is 12.9. The number of hydrogen-bond acceptors (Lipinski definition) is 4. The van der Waals surface area contributed by atoms with Gasteiger partial charge in [0.15, 0.2) is 6.61 Å². The van der Waals surface area contributed by atoms with Crippen LogP contribution < -0.4 is 14.8 Å². The van der Waals surface area contributed by atoms with E-state index >= 15 is 0 Å². The van der Waals surface area contributed by atoms with Gasteiger partial charge < -0.3 is 19.4 Å². The lowest BCUT2D eigenvalue weighted by Gasteiger charge is -2.19. The zero-order chi connectivity index (χ0) is 18.3. The molecule has 26 heavy (non-hydrogen) atoms. The summed E-state index contributed by atoms with van der Waals surface area (Å²) >= 11 is 0. The first-order valence-corrected chi connectivity index (χ1v) is 8.33. The molecule has 0 spiro atoms. The third-order valence-electron chi connectivity index (χ3n) is 4.59. The van der Waals surface area contributed by atoms with E-state index in [1.54, 1.807) is 7.11 Å². The lowest BCUT2D eigenvalue weighted by molar-refractivity contribution is -0.118. The predicted molar refractivity (Wildman–Crippen MR) is 98.4 cm³/mol. The second-order valence-electron chi connectivity index (χ2n) is 6.01. The highest BCUT2D eigenvalue weighted by Crippen LogP contribution is 2.38. The van der Waals surface area contributed by atoms with Crippen LogP contribution in [0.2, 0.25) is 0 Å². The highest BCUT2D eigenvalue weighted by molar-refractivity contribution is 5.98. The van der Waals surface area contributed by atoms with Crippen molar-refractivity contribution < 1.29 is 14.3 Å². The maximum atomic E-state index is 11.6. The lowest BCUT2D eigenvalue weighted by Crippen LogP contribution is -2.25. The average molecular weight is 347 g/mol. The van der Waals surface area contributed by atoms with Crippen LogP contribution in [0.5, 0.6) is 11.5 Å². The number of hydrogen-bond donors (Lipinski definition) is 1. The number of anilines is 1. The van der Waals surface area contributed by atoms with E-state index in [0.29, 0.717) is 23.5 Å². The molecule has 6 heteroatoms. The summed E-state index contributed by atoms with van der Waals surface area (Å²) in [6.07, 6.45) is 0. The Labute approximate surface area is 150 Å². The third-order valence-corrected chi connectivity index (χ3v) is 4.59. The number of rotatable bonds is 3. The number of nitrogens with one attached hydrogen (secondary N) is 1. The van der Waals surface area contributed by atoms with E-state index in [1.807, 2.05) is 43.3 Å². The maximum Gasteiger partial charge on any atom is 0.262 e. The SMILES string of the molecule is CCn1c(-c2ccc3c(c2)NC(=O)CO3)c(C#N)c2ccc(OC)cc21. The van der Waals surface area contributed by atoms with Crippen LogP contribution in [-0.4, -0.2) is 24.2 Å². The highest BCUT2D eigenvalue weighted by atomic mass is 16.5. The van der Waals surface area contributed by atoms with Crippen molar-refractivity contribution in [2.24, 2.45) is 0 Å². The molecule has 0 aliphatic carbocycles. The molecular formula is C20H17N3O3. The Morgan fingerprint density at radius 3 is 2.88 bits per heavy atom. The number of aromatic nitrogens is 1. The van der Waals surface area contributed by atoms with Crippen molar-refractivity contribution in [3.8, 4) is 28.8 Å². The Hall–Kier alpha value is -3.46. The van der Waals surface area contributed by atoms with Gasteiger partial charge in [-0.1, -0.05) is 0 Å². The molecule has 1 amide bonds. The smallest absolute Gasteiger partial charge is 0.262 e. The van der Waals surface area contributed by atoms with Crippen LogP contribution in [-0.2, 0) is 11.3 Å².